The third kappa shape index (κ3) is 2.94. The second kappa shape index (κ2) is 6.15. The maximum Gasteiger partial charge on any atom is 0.270 e. The van der Waals surface area contributed by atoms with Crippen LogP contribution in [-0.4, -0.2) is 22.3 Å². The number of amides is 2. The molecule has 1 atom stereocenters. The van der Waals surface area contributed by atoms with Crippen LogP contribution in [0.1, 0.15) is 43.2 Å². The van der Waals surface area contributed by atoms with E-state index < -0.39 is 17.4 Å². The van der Waals surface area contributed by atoms with E-state index >= 15 is 0 Å². The number of aromatic nitrogens is 1. The van der Waals surface area contributed by atoms with Gasteiger partial charge in [0.2, 0.25) is 5.91 Å². The number of nitrogens with zero attached hydrogens (tertiary/aromatic N) is 2. The summed E-state index contributed by atoms with van der Waals surface area (Å²) in [7, 11) is 0. The lowest BCUT2D eigenvalue weighted by Crippen LogP contribution is -2.60. The zero-order chi connectivity index (χ0) is 15.3. The summed E-state index contributed by atoms with van der Waals surface area (Å²) < 4.78 is 0. The van der Waals surface area contributed by atoms with Crippen LogP contribution in [0.3, 0.4) is 0 Å². The SMILES string of the molecule is CCC(NC(=O)c1ccc(C#N)cn1)(C(N)=O)C(C)C. The highest BCUT2D eigenvalue weighted by molar-refractivity contribution is 5.97. The van der Waals surface area contributed by atoms with Gasteiger partial charge in [-0.15, -0.1) is 0 Å². The van der Waals surface area contributed by atoms with Gasteiger partial charge >= 0.3 is 0 Å². The fourth-order valence-corrected chi connectivity index (χ4v) is 2.02. The lowest BCUT2D eigenvalue weighted by Gasteiger charge is -2.34. The summed E-state index contributed by atoms with van der Waals surface area (Å²) in [6.45, 7) is 5.43. The fourth-order valence-electron chi connectivity index (χ4n) is 2.02. The minimum absolute atomic E-state index is 0.142. The van der Waals surface area contributed by atoms with Crippen molar-refractivity contribution in [2.45, 2.75) is 32.7 Å². The summed E-state index contributed by atoms with van der Waals surface area (Å²) in [5.74, 6) is -1.20. The molecule has 2 amide bonds. The highest BCUT2D eigenvalue weighted by atomic mass is 16.2. The van der Waals surface area contributed by atoms with Gasteiger partial charge in [0.25, 0.3) is 5.91 Å². The van der Waals surface area contributed by atoms with Crippen LogP contribution >= 0.6 is 0 Å². The summed E-state index contributed by atoms with van der Waals surface area (Å²) in [6.07, 6.45) is 1.70. The van der Waals surface area contributed by atoms with Crippen molar-refractivity contribution in [1.82, 2.24) is 10.3 Å². The molecule has 0 bridgehead atoms. The van der Waals surface area contributed by atoms with E-state index in [9.17, 15) is 9.59 Å². The molecule has 0 saturated heterocycles. The molecule has 6 nitrogen and oxygen atoms in total. The van der Waals surface area contributed by atoms with Crippen LogP contribution in [0.5, 0.6) is 0 Å². The number of carbonyl (C=O) groups is 2. The first-order chi connectivity index (χ1) is 9.37. The molecule has 106 valence electrons. The van der Waals surface area contributed by atoms with Crippen LogP contribution in [-0.2, 0) is 4.79 Å². The molecule has 1 unspecified atom stereocenters. The summed E-state index contributed by atoms with van der Waals surface area (Å²) >= 11 is 0. The van der Waals surface area contributed by atoms with Gasteiger partial charge in [0.15, 0.2) is 0 Å². The molecule has 0 aliphatic carbocycles. The van der Waals surface area contributed by atoms with Gasteiger partial charge in [-0.2, -0.15) is 5.26 Å². The van der Waals surface area contributed by atoms with Crippen molar-refractivity contribution in [3.05, 3.63) is 29.6 Å². The van der Waals surface area contributed by atoms with E-state index in [-0.39, 0.29) is 11.6 Å². The molecule has 0 aromatic carbocycles. The molecular formula is C14H18N4O2. The molecule has 1 aromatic heterocycles. The Balaban J connectivity index is 3.02. The van der Waals surface area contributed by atoms with Crippen molar-refractivity contribution in [1.29, 1.82) is 5.26 Å². The van der Waals surface area contributed by atoms with Crippen molar-refractivity contribution < 1.29 is 9.59 Å². The zero-order valence-corrected chi connectivity index (χ0v) is 11.8. The monoisotopic (exact) mass is 274 g/mol. The summed E-state index contributed by atoms with van der Waals surface area (Å²) in [5, 5.41) is 11.4. The third-order valence-electron chi connectivity index (χ3n) is 3.44. The van der Waals surface area contributed by atoms with E-state index in [4.69, 9.17) is 11.0 Å². The Labute approximate surface area is 118 Å². The fraction of sp³-hybridized carbons (Fsp3) is 0.429. The normalized spacial score (nSPS) is 13.3. The maximum atomic E-state index is 12.2. The Morgan fingerprint density at radius 1 is 1.50 bits per heavy atom. The van der Waals surface area contributed by atoms with Crippen LogP contribution in [0.25, 0.3) is 0 Å². The van der Waals surface area contributed by atoms with Gasteiger partial charge in [-0.1, -0.05) is 20.8 Å². The van der Waals surface area contributed by atoms with Crippen LogP contribution in [0.15, 0.2) is 18.3 Å². The lowest BCUT2D eigenvalue weighted by molar-refractivity contribution is -0.126. The third-order valence-corrected chi connectivity index (χ3v) is 3.44. The van der Waals surface area contributed by atoms with Crippen molar-refractivity contribution in [3.8, 4) is 6.07 Å². The van der Waals surface area contributed by atoms with Gasteiger partial charge in [-0.05, 0) is 24.5 Å². The van der Waals surface area contributed by atoms with Crippen LogP contribution in [0.2, 0.25) is 0 Å². The number of nitriles is 1. The molecule has 0 fully saturated rings. The highest BCUT2D eigenvalue weighted by Gasteiger charge is 2.39. The van der Waals surface area contributed by atoms with E-state index in [1.54, 1.807) is 6.92 Å². The molecule has 0 aliphatic rings. The van der Waals surface area contributed by atoms with Gasteiger partial charge in [0, 0.05) is 6.20 Å². The average Bonchev–Trinajstić information content (AvgIpc) is 2.43. The van der Waals surface area contributed by atoms with E-state index in [0.717, 1.165) is 0 Å². The van der Waals surface area contributed by atoms with Crippen molar-refractivity contribution >= 4 is 11.8 Å². The smallest absolute Gasteiger partial charge is 0.270 e. The molecule has 0 radical (unpaired) electrons. The highest BCUT2D eigenvalue weighted by Crippen LogP contribution is 2.21. The number of pyridine rings is 1. The van der Waals surface area contributed by atoms with E-state index in [1.807, 2.05) is 19.9 Å². The van der Waals surface area contributed by atoms with Crippen molar-refractivity contribution in [2.75, 3.05) is 0 Å². The van der Waals surface area contributed by atoms with E-state index in [2.05, 4.69) is 10.3 Å². The molecule has 0 spiro atoms. The summed E-state index contributed by atoms with van der Waals surface area (Å²) in [6, 6.07) is 4.86. The van der Waals surface area contributed by atoms with Gasteiger partial charge in [-0.25, -0.2) is 4.98 Å². The topological polar surface area (TPSA) is 109 Å². The second-order valence-electron chi connectivity index (χ2n) is 4.84. The number of carbonyl (C=O) groups excluding carboxylic acids is 2. The summed E-state index contributed by atoms with van der Waals surface area (Å²) in [5.41, 5.74) is 4.84. The van der Waals surface area contributed by atoms with Gasteiger partial charge < -0.3 is 11.1 Å². The Kier molecular flexibility index (Phi) is 4.81. The number of rotatable bonds is 5. The molecule has 6 heteroatoms. The molecule has 1 rings (SSSR count). The first kappa shape index (κ1) is 15.6. The van der Waals surface area contributed by atoms with Gasteiger partial charge in [0.1, 0.15) is 17.3 Å². The first-order valence-corrected chi connectivity index (χ1v) is 6.36. The van der Waals surface area contributed by atoms with Gasteiger partial charge in [0.05, 0.1) is 5.56 Å². The van der Waals surface area contributed by atoms with Crippen LogP contribution < -0.4 is 11.1 Å². The number of hydrogen-bond acceptors (Lipinski definition) is 4. The van der Waals surface area contributed by atoms with Crippen LogP contribution in [0.4, 0.5) is 0 Å². The number of nitrogens with two attached hydrogens (primary N) is 1. The summed E-state index contributed by atoms with van der Waals surface area (Å²) in [4.78, 5) is 27.8. The molecule has 20 heavy (non-hydrogen) atoms. The first-order valence-electron chi connectivity index (χ1n) is 6.36. The van der Waals surface area contributed by atoms with E-state index in [0.29, 0.717) is 12.0 Å². The zero-order valence-electron chi connectivity index (χ0n) is 11.8. The Morgan fingerprint density at radius 3 is 2.50 bits per heavy atom. The van der Waals surface area contributed by atoms with Crippen molar-refractivity contribution in [3.63, 3.8) is 0 Å². The second-order valence-corrected chi connectivity index (χ2v) is 4.84. The van der Waals surface area contributed by atoms with Crippen LogP contribution in [0, 0.1) is 17.2 Å². The Bertz CT molecular complexity index is 545. The molecule has 0 aliphatic heterocycles. The number of hydrogen-bond donors (Lipinski definition) is 2. The van der Waals surface area contributed by atoms with Gasteiger partial charge in [-0.3, -0.25) is 9.59 Å². The maximum absolute atomic E-state index is 12.2. The predicted molar refractivity (Wildman–Crippen MR) is 73.5 cm³/mol. The average molecular weight is 274 g/mol. The minimum Gasteiger partial charge on any atom is -0.368 e. The standard InChI is InChI=1S/C14H18N4O2/c1-4-14(9(2)3,13(16)20)18-12(19)11-6-5-10(7-15)8-17-11/h5-6,8-9H,4H2,1-3H3,(H2,16,20)(H,18,19). The Morgan fingerprint density at radius 2 is 2.15 bits per heavy atom. The largest absolute Gasteiger partial charge is 0.368 e. The number of nitrogens with one attached hydrogen (secondary N) is 1. The van der Waals surface area contributed by atoms with Crippen molar-refractivity contribution in [2.24, 2.45) is 11.7 Å². The molecule has 3 N–H and O–H groups in total. The lowest BCUT2D eigenvalue weighted by atomic mass is 9.83. The molecule has 1 aromatic rings. The molecule has 0 saturated carbocycles. The Hall–Kier alpha value is -2.42. The predicted octanol–water partition coefficient (Wildman–Crippen LogP) is 0.973. The quantitative estimate of drug-likeness (QED) is 0.833. The molecule has 1 heterocycles. The van der Waals surface area contributed by atoms with E-state index in [1.165, 1.54) is 18.3 Å². The minimum atomic E-state index is -1.10. The molecular weight excluding hydrogens is 256 g/mol. The number of primary amides is 1.